The fraction of sp³-hybridized carbons (Fsp3) is 0.500. The van der Waals surface area contributed by atoms with Crippen LogP contribution in [0.3, 0.4) is 0 Å². The van der Waals surface area contributed by atoms with Crippen LogP contribution < -0.4 is 4.74 Å². The maximum atomic E-state index is 13.5. The van der Waals surface area contributed by atoms with Crippen LogP contribution in [0.25, 0.3) is 0 Å². The van der Waals surface area contributed by atoms with Gasteiger partial charge in [-0.1, -0.05) is 6.07 Å². The minimum absolute atomic E-state index is 0.0125. The largest absolute Gasteiger partial charge is 0.476 e. The Morgan fingerprint density at radius 1 is 1.27 bits per heavy atom. The molecule has 138 valence electrons. The molecular weight excluding hydrogens is 333 g/mol. The van der Waals surface area contributed by atoms with Gasteiger partial charge in [0, 0.05) is 44.8 Å². The summed E-state index contributed by atoms with van der Waals surface area (Å²) in [7, 11) is 0. The molecule has 0 amide bonds. The number of hydrogen-bond acceptors (Lipinski definition) is 5. The van der Waals surface area contributed by atoms with E-state index in [4.69, 9.17) is 9.47 Å². The number of halogens is 1. The second-order valence-corrected chi connectivity index (χ2v) is 7.32. The van der Waals surface area contributed by atoms with Crippen LogP contribution in [0, 0.1) is 11.7 Å². The van der Waals surface area contributed by atoms with Crippen molar-refractivity contribution in [3.63, 3.8) is 0 Å². The van der Waals surface area contributed by atoms with Gasteiger partial charge in [-0.15, -0.1) is 0 Å². The van der Waals surface area contributed by atoms with E-state index in [0.717, 1.165) is 45.5 Å². The van der Waals surface area contributed by atoms with Crippen molar-refractivity contribution < 1.29 is 13.9 Å². The third kappa shape index (κ3) is 4.02. The molecule has 5 nitrogen and oxygen atoms in total. The summed E-state index contributed by atoms with van der Waals surface area (Å²) in [6, 6.07) is 7.02. The summed E-state index contributed by atoms with van der Waals surface area (Å²) < 4.78 is 25.2. The normalized spacial score (nSPS) is 22.1. The molecule has 1 spiro atoms. The first-order chi connectivity index (χ1) is 12.7. The molecule has 0 N–H and O–H groups in total. The molecule has 2 aliphatic rings. The molecule has 6 heteroatoms. The average Bonchev–Trinajstić information content (AvgIpc) is 2.63. The molecule has 0 radical (unpaired) electrons. The lowest BCUT2D eigenvalue weighted by Gasteiger charge is -2.53. The number of likely N-dealkylation sites (tertiary alicyclic amines) is 1. The molecule has 2 aromatic rings. The summed E-state index contributed by atoms with van der Waals surface area (Å²) in [6.45, 7) is 4.14. The van der Waals surface area contributed by atoms with E-state index in [-0.39, 0.29) is 11.5 Å². The molecule has 2 fully saturated rings. The minimum atomic E-state index is -0.402. The van der Waals surface area contributed by atoms with E-state index in [1.165, 1.54) is 11.6 Å². The summed E-state index contributed by atoms with van der Waals surface area (Å²) in [6.07, 6.45) is 8.26. The van der Waals surface area contributed by atoms with Gasteiger partial charge in [0.1, 0.15) is 0 Å². The third-order valence-corrected chi connectivity index (χ3v) is 5.24. The summed E-state index contributed by atoms with van der Waals surface area (Å²) in [5, 5.41) is 0. The molecule has 4 rings (SSSR count). The molecule has 0 saturated carbocycles. The van der Waals surface area contributed by atoms with Crippen LogP contribution in [0.2, 0.25) is 0 Å². The first kappa shape index (κ1) is 17.4. The van der Waals surface area contributed by atoms with Crippen molar-refractivity contribution in [3.8, 4) is 5.88 Å². The van der Waals surface area contributed by atoms with Crippen molar-refractivity contribution >= 4 is 0 Å². The quantitative estimate of drug-likeness (QED) is 0.795. The second-order valence-electron chi connectivity index (χ2n) is 7.32. The van der Waals surface area contributed by atoms with Crippen molar-refractivity contribution in [1.82, 2.24) is 14.9 Å². The Labute approximate surface area is 153 Å². The van der Waals surface area contributed by atoms with Gasteiger partial charge in [-0.2, -0.15) is 0 Å². The van der Waals surface area contributed by atoms with Crippen LogP contribution >= 0.6 is 0 Å². The highest BCUT2D eigenvalue weighted by Gasteiger charge is 2.47. The van der Waals surface area contributed by atoms with Crippen molar-refractivity contribution in [1.29, 1.82) is 0 Å². The van der Waals surface area contributed by atoms with Gasteiger partial charge in [-0.05, 0) is 48.9 Å². The van der Waals surface area contributed by atoms with Crippen LogP contribution in [0.15, 0.2) is 42.9 Å². The first-order valence-electron chi connectivity index (χ1n) is 9.21. The lowest BCUT2D eigenvalue weighted by Crippen LogP contribution is -2.64. The van der Waals surface area contributed by atoms with Crippen LogP contribution in [-0.2, 0) is 11.3 Å². The third-order valence-electron chi connectivity index (χ3n) is 5.24. The summed E-state index contributed by atoms with van der Waals surface area (Å²) in [5.41, 5.74) is 1.22. The number of rotatable bonds is 6. The topological polar surface area (TPSA) is 47.5 Å². The zero-order chi connectivity index (χ0) is 17.8. The Balaban J connectivity index is 1.23. The molecule has 1 unspecified atom stereocenters. The Hall–Kier alpha value is -2.05. The maximum absolute atomic E-state index is 13.5. The summed E-state index contributed by atoms with van der Waals surface area (Å²) in [5.74, 6) is 0.248. The number of pyridine rings is 2. The van der Waals surface area contributed by atoms with E-state index in [1.807, 2.05) is 12.3 Å². The highest BCUT2D eigenvalue weighted by atomic mass is 19.1. The molecule has 26 heavy (non-hydrogen) atoms. The lowest BCUT2D eigenvalue weighted by molar-refractivity contribution is -0.182. The molecule has 2 aromatic heterocycles. The molecule has 0 aliphatic carbocycles. The van der Waals surface area contributed by atoms with Crippen molar-refractivity contribution in [3.05, 3.63) is 54.2 Å². The van der Waals surface area contributed by atoms with E-state index in [1.54, 1.807) is 18.5 Å². The minimum Gasteiger partial charge on any atom is -0.476 e. The number of ether oxygens (including phenoxy) is 2. The van der Waals surface area contributed by atoms with Crippen LogP contribution in [0.5, 0.6) is 5.88 Å². The van der Waals surface area contributed by atoms with Crippen LogP contribution in [0.1, 0.15) is 24.8 Å². The zero-order valence-electron chi connectivity index (χ0n) is 14.8. The van der Waals surface area contributed by atoms with Crippen molar-refractivity contribution in [2.75, 3.05) is 26.3 Å². The van der Waals surface area contributed by atoms with E-state index in [9.17, 15) is 4.39 Å². The second kappa shape index (κ2) is 7.68. The Morgan fingerprint density at radius 3 is 2.96 bits per heavy atom. The number of hydrogen-bond donors (Lipinski definition) is 0. The summed E-state index contributed by atoms with van der Waals surface area (Å²) >= 11 is 0. The Bertz CT molecular complexity index is 722. The fourth-order valence-corrected chi connectivity index (χ4v) is 4.03. The number of nitrogens with zero attached hydrogens (tertiary/aromatic N) is 3. The van der Waals surface area contributed by atoms with Crippen molar-refractivity contribution in [2.45, 2.75) is 31.4 Å². The maximum Gasteiger partial charge on any atom is 0.250 e. The van der Waals surface area contributed by atoms with Gasteiger partial charge in [0.25, 0.3) is 0 Å². The molecule has 0 bridgehead atoms. The molecule has 2 aliphatic heterocycles. The molecule has 0 aromatic carbocycles. The van der Waals surface area contributed by atoms with Gasteiger partial charge in [0.2, 0.25) is 5.88 Å². The molecule has 2 saturated heterocycles. The van der Waals surface area contributed by atoms with Crippen LogP contribution in [0.4, 0.5) is 4.39 Å². The van der Waals surface area contributed by atoms with Crippen molar-refractivity contribution in [2.24, 2.45) is 5.92 Å². The van der Waals surface area contributed by atoms with Gasteiger partial charge in [0.05, 0.1) is 12.2 Å². The predicted octanol–water partition coefficient (Wildman–Crippen LogP) is 3.07. The van der Waals surface area contributed by atoms with E-state index in [2.05, 4.69) is 20.9 Å². The summed E-state index contributed by atoms with van der Waals surface area (Å²) in [4.78, 5) is 10.5. The number of aromatic nitrogens is 2. The standard InChI is InChI=1S/C20H24FN3O2/c21-18-4-2-8-23-19(18)25-9-5-16-6-10-26-20(11-16)14-24(15-20)13-17-3-1-7-22-12-17/h1-4,7-8,12,16H,5-6,9-11,13-15H2. The van der Waals surface area contributed by atoms with Gasteiger partial charge in [-0.3, -0.25) is 9.88 Å². The fourth-order valence-electron chi connectivity index (χ4n) is 4.03. The Morgan fingerprint density at radius 2 is 2.15 bits per heavy atom. The monoisotopic (exact) mass is 357 g/mol. The lowest BCUT2D eigenvalue weighted by atomic mass is 9.79. The van der Waals surface area contributed by atoms with E-state index in [0.29, 0.717) is 12.5 Å². The molecule has 4 heterocycles. The van der Waals surface area contributed by atoms with Gasteiger partial charge < -0.3 is 9.47 Å². The first-order valence-corrected chi connectivity index (χ1v) is 9.21. The zero-order valence-corrected chi connectivity index (χ0v) is 14.8. The van der Waals surface area contributed by atoms with Gasteiger partial charge in [-0.25, -0.2) is 9.37 Å². The van der Waals surface area contributed by atoms with Gasteiger partial charge >= 0.3 is 0 Å². The highest BCUT2D eigenvalue weighted by molar-refractivity contribution is 5.13. The Kier molecular flexibility index (Phi) is 5.13. The van der Waals surface area contributed by atoms with Gasteiger partial charge in [0.15, 0.2) is 5.82 Å². The van der Waals surface area contributed by atoms with E-state index < -0.39 is 5.82 Å². The average molecular weight is 357 g/mol. The molecule has 1 atom stereocenters. The van der Waals surface area contributed by atoms with Crippen LogP contribution in [-0.4, -0.2) is 46.8 Å². The molecular formula is C20H24FN3O2. The predicted molar refractivity (Wildman–Crippen MR) is 95.2 cm³/mol. The highest BCUT2D eigenvalue weighted by Crippen LogP contribution is 2.38. The van der Waals surface area contributed by atoms with E-state index >= 15 is 0 Å². The SMILES string of the molecule is Fc1cccnc1OCCC1CCOC2(C1)CN(Cc1cccnc1)C2. The smallest absolute Gasteiger partial charge is 0.250 e.